The van der Waals surface area contributed by atoms with Crippen molar-refractivity contribution >= 4 is 33.7 Å². The van der Waals surface area contributed by atoms with Gasteiger partial charge in [0.15, 0.2) is 0 Å². The van der Waals surface area contributed by atoms with E-state index in [4.69, 9.17) is 4.74 Å². The molecule has 0 aliphatic heterocycles. The van der Waals surface area contributed by atoms with Crippen molar-refractivity contribution in [1.29, 1.82) is 0 Å². The fourth-order valence-corrected chi connectivity index (χ4v) is 2.76. The van der Waals surface area contributed by atoms with Gasteiger partial charge in [-0.3, -0.25) is 0 Å². The van der Waals surface area contributed by atoms with E-state index in [0.717, 1.165) is 11.1 Å². The quantitative estimate of drug-likeness (QED) is 0.661. The van der Waals surface area contributed by atoms with Crippen LogP contribution in [0.2, 0.25) is 0 Å². The summed E-state index contributed by atoms with van der Waals surface area (Å²) in [7, 11) is 1.72. The highest BCUT2D eigenvalue weighted by Crippen LogP contribution is 2.33. The van der Waals surface area contributed by atoms with Crippen LogP contribution in [-0.2, 0) is 0 Å². The first kappa shape index (κ1) is 11.8. The minimum absolute atomic E-state index is 0.918. The minimum atomic E-state index is 0.918. The zero-order valence-electron chi connectivity index (χ0n) is 11.2. The van der Waals surface area contributed by atoms with Crippen molar-refractivity contribution in [2.24, 2.45) is 0 Å². The first-order valence-corrected chi connectivity index (χ1v) is 6.41. The van der Waals surface area contributed by atoms with Gasteiger partial charge in [-0.25, -0.2) is 0 Å². The van der Waals surface area contributed by atoms with Crippen LogP contribution in [0.5, 0.6) is 5.75 Å². The van der Waals surface area contributed by atoms with E-state index in [1.165, 1.54) is 26.9 Å². The average Bonchev–Trinajstić information content (AvgIpc) is 2.48. The van der Waals surface area contributed by atoms with Crippen molar-refractivity contribution in [3.05, 3.63) is 53.8 Å². The largest absolute Gasteiger partial charge is 0.496 e. The van der Waals surface area contributed by atoms with Crippen LogP contribution in [0.3, 0.4) is 0 Å². The standard InChI is InChI=1S/C18H16O/c1-4-12-6-7-14-9-11-16(19-3)15-10-8-13(5-2)17(12)18(14)15/h4-11H,2H2,1,3H3/b12-4-. The molecule has 19 heavy (non-hydrogen) atoms. The highest BCUT2D eigenvalue weighted by atomic mass is 16.5. The second kappa shape index (κ2) is 4.43. The first-order valence-electron chi connectivity index (χ1n) is 6.41. The minimum Gasteiger partial charge on any atom is -0.496 e. The highest BCUT2D eigenvalue weighted by molar-refractivity contribution is 6.14. The Morgan fingerprint density at radius 1 is 1.00 bits per heavy atom. The summed E-state index contributed by atoms with van der Waals surface area (Å²) in [6.45, 7) is 5.99. The summed E-state index contributed by atoms with van der Waals surface area (Å²) in [5, 5.41) is 6.14. The fraction of sp³-hybridized carbons (Fsp3) is 0.111. The smallest absolute Gasteiger partial charge is 0.126 e. The van der Waals surface area contributed by atoms with Gasteiger partial charge in [-0.15, -0.1) is 0 Å². The Morgan fingerprint density at radius 3 is 2.47 bits per heavy atom. The molecule has 0 saturated carbocycles. The molecule has 0 aromatic heterocycles. The molecule has 0 aliphatic carbocycles. The second-order valence-corrected chi connectivity index (χ2v) is 4.59. The monoisotopic (exact) mass is 248 g/mol. The average molecular weight is 248 g/mol. The summed E-state index contributed by atoms with van der Waals surface area (Å²) in [5.41, 5.74) is 1.17. The molecule has 3 rings (SSSR count). The Labute approximate surface area is 112 Å². The van der Waals surface area contributed by atoms with Gasteiger partial charge in [-0.05, 0) is 40.6 Å². The molecule has 3 aromatic carbocycles. The SMILES string of the molecule is C=Cc1ccc2c(OC)ccc3cc/c(=C/C)c1c32. The van der Waals surface area contributed by atoms with E-state index in [-0.39, 0.29) is 0 Å². The van der Waals surface area contributed by atoms with Gasteiger partial charge in [0.05, 0.1) is 7.11 Å². The van der Waals surface area contributed by atoms with Crippen molar-refractivity contribution < 1.29 is 4.74 Å². The predicted octanol–water partition coefficient (Wildman–Crippen LogP) is 4.16. The molecule has 94 valence electrons. The summed E-state index contributed by atoms with van der Waals surface area (Å²) in [6.07, 6.45) is 4.06. The highest BCUT2D eigenvalue weighted by Gasteiger charge is 2.09. The lowest BCUT2D eigenvalue weighted by atomic mass is 9.94. The number of rotatable bonds is 2. The topological polar surface area (TPSA) is 9.23 Å². The molecule has 0 aliphatic rings. The summed E-state index contributed by atoms with van der Waals surface area (Å²) in [6, 6.07) is 12.7. The maximum atomic E-state index is 5.48. The van der Waals surface area contributed by atoms with Crippen LogP contribution in [0.25, 0.3) is 33.7 Å². The lowest BCUT2D eigenvalue weighted by molar-refractivity contribution is 0.420. The third-order valence-corrected chi connectivity index (χ3v) is 3.69. The van der Waals surface area contributed by atoms with E-state index in [1.54, 1.807) is 7.11 Å². The van der Waals surface area contributed by atoms with Crippen molar-refractivity contribution in [2.75, 3.05) is 7.11 Å². The molecular weight excluding hydrogens is 232 g/mol. The fourth-order valence-electron chi connectivity index (χ4n) is 2.76. The van der Waals surface area contributed by atoms with Crippen molar-refractivity contribution in [3.8, 4) is 5.75 Å². The van der Waals surface area contributed by atoms with Crippen molar-refractivity contribution in [2.45, 2.75) is 6.92 Å². The molecule has 1 heteroatoms. The third-order valence-electron chi connectivity index (χ3n) is 3.69. The van der Waals surface area contributed by atoms with Crippen LogP contribution in [-0.4, -0.2) is 7.11 Å². The molecule has 1 nitrogen and oxygen atoms in total. The molecule has 0 unspecified atom stereocenters. The maximum absolute atomic E-state index is 5.48. The molecule has 0 fully saturated rings. The van der Waals surface area contributed by atoms with E-state index in [2.05, 4.69) is 49.9 Å². The molecular formula is C18H16O. The van der Waals surface area contributed by atoms with E-state index < -0.39 is 0 Å². The lowest BCUT2D eigenvalue weighted by Crippen LogP contribution is -2.03. The van der Waals surface area contributed by atoms with E-state index in [0.29, 0.717) is 0 Å². The molecule has 0 heterocycles. The maximum Gasteiger partial charge on any atom is 0.126 e. The molecule has 0 amide bonds. The van der Waals surface area contributed by atoms with Gasteiger partial charge in [0.25, 0.3) is 0 Å². The van der Waals surface area contributed by atoms with Gasteiger partial charge in [0.1, 0.15) is 5.75 Å². The normalized spacial score (nSPS) is 12.2. The Morgan fingerprint density at radius 2 is 1.79 bits per heavy atom. The Kier molecular flexibility index (Phi) is 2.75. The van der Waals surface area contributed by atoms with E-state index >= 15 is 0 Å². The van der Waals surface area contributed by atoms with Crippen LogP contribution < -0.4 is 9.96 Å². The summed E-state index contributed by atoms with van der Waals surface area (Å²) < 4.78 is 5.48. The Hall–Kier alpha value is -2.28. The third kappa shape index (κ3) is 1.62. The summed E-state index contributed by atoms with van der Waals surface area (Å²) in [5.74, 6) is 0.918. The van der Waals surface area contributed by atoms with Crippen LogP contribution in [0.15, 0.2) is 43.0 Å². The number of benzene rings is 3. The molecule has 0 atom stereocenters. The summed E-state index contributed by atoms with van der Waals surface area (Å²) >= 11 is 0. The van der Waals surface area contributed by atoms with Crippen LogP contribution in [0.4, 0.5) is 0 Å². The zero-order valence-corrected chi connectivity index (χ0v) is 11.2. The summed E-state index contributed by atoms with van der Waals surface area (Å²) in [4.78, 5) is 0. The van der Waals surface area contributed by atoms with Gasteiger partial charge in [-0.2, -0.15) is 0 Å². The first-order chi connectivity index (χ1) is 9.30. The lowest BCUT2D eigenvalue weighted by Gasteiger charge is -2.12. The number of ether oxygens (including phenoxy) is 1. The second-order valence-electron chi connectivity index (χ2n) is 4.59. The van der Waals surface area contributed by atoms with Gasteiger partial charge in [0, 0.05) is 10.8 Å². The predicted molar refractivity (Wildman–Crippen MR) is 83.5 cm³/mol. The van der Waals surface area contributed by atoms with Crippen molar-refractivity contribution in [1.82, 2.24) is 0 Å². The van der Waals surface area contributed by atoms with Crippen molar-refractivity contribution in [3.63, 3.8) is 0 Å². The van der Waals surface area contributed by atoms with Crippen LogP contribution in [0.1, 0.15) is 12.5 Å². The van der Waals surface area contributed by atoms with Crippen LogP contribution >= 0.6 is 0 Å². The Balaban J connectivity index is 2.68. The van der Waals surface area contributed by atoms with Gasteiger partial charge < -0.3 is 4.74 Å². The van der Waals surface area contributed by atoms with Gasteiger partial charge in [0.2, 0.25) is 0 Å². The number of hydrogen-bond acceptors (Lipinski definition) is 1. The molecule has 0 N–H and O–H groups in total. The molecule has 0 radical (unpaired) electrons. The van der Waals surface area contributed by atoms with E-state index in [1.807, 2.05) is 12.1 Å². The van der Waals surface area contributed by atoms with Crippen LogP contribution in [0, 0.1) is 0 Å². The molecule has 3 aromatic rings. The van der Waals surface area contributed by atoms with Gasteiger partial charge in [-0.1, -0.05) is 43.0 Å². The molecule has 0 bridgehead atoms. The number of methoxy groups -OCH3 is 1. The van der Waals surface area contributed by atoms with E-state index in [9.17, 15) is 0 Å². The molecule has 0 spiro atoms. The number of hydrogen-bond donors (Lipinski definition) is 0. The van der Waals surface area contributed by atoms with Gasteiger partial charge >= 0.3 is 0 Å². The Bertz CT molecular complexity index is 828. The molecule has 0 saturated heterocycles. The zero-order chi connectivity index (χ0) is 13.4.